The molecule has 2 N–H and O–H groups in total. The van der Waals surface area contributed by atoms with Gasteiger partial charge in [0.15, 0.2) is 6.61 Å². The van der Waals surface area contributed by atoms with Crippen molar-refractivity contribution in [3.05, 3.63) is 47.6 Å². The van der Waals surface area contributed by atoms with Crippen LogP contribution in [0.25, 0.3) is 11.1 Å². The molecule has 1 aromatic carbocycles. The third-order valence-electron chi connectivity index (χ3n) is 5.23. The van der Waals surface area contributed by atoms with Gasteiger partial charge in [0.25, 0.3) is 5.91 Å². The number of carbonyl (C=O) groups is 2. The van der Waals surface area contributed by atoms with Crippen LogP contribution in [-0.4, -0.2) is 36.6 Å². The van der Waals surface area contributed by atoms with Crippen LogP contribution >= 0.6 is 11.6 Å². The standard InChI is InChI=1S/C22H26ClN3O3/c23-19-7-4-17(5-8-19)18-6-9-21(25-14-18)26-12-10-16(11-13-26)2-1-3-22(28)29-15-20(24)27/h4-9,14,16H,1-3,10-13,15H2,(H2,24,27). The van der Waals surface area contributed by atoms with Crippen molar-refractivity contribution in [2.45, 2.75) is 32.1 Å². The SMILES string of the molecule is NC(=O)COC(=O)CCCC1CCN(c2ccc(-c3ccc(Cl)cc3)cn2)CC1. The lowest BCUT2D eigenvalue weighted by atomic mass is 9.91. The van der Waals surface area contributed by atoms with Crippen molar-refractivity contribution in [2.75, 3.05) is 24.6 Å². The van der Waals surface area contributed by atoms with Crippen molar-refractivity contribution in [1.29, 1.82) is 0 Å². The number of piperidine rings is 1. The van der Waals surface area contributed by atoms with E-state index >= 15 is 0 Å². The molecule has 3 rings (SSSR count). The lowest BCUT2D eigenvalue weighted by molar-refractivity contribution is -0.147. The molecule has 154 valence electrons. The number of carbonyl (C=O) groups excluding carboxylic acids is 2. The Kier molecular flexibility index (Phi) is 7.47. The highest BCUT2D eigenvalue weighted by atomic mass is 35.5. The van der Waals surface area contributed by atoms with E-state index in [1.165, 1.54) is 0 Å². The predicted octanol–water partition coefficient (Wildman–Crippen LogP) is 3.82. The van der Waals surface area contributed by atoms with Crippen LogP contribution in [0.4, 0.5) is 5.82 Å². The van der Waals surface area contributed by atoms with E-state index in [1.54, 1.807) is 0 Å². The van der Waals surface area contributed by atoms with Crippen molar-refractivity contribution >= 4 is 29.3 Å². The molecule has 1 fully saturated rings. The second kappa shape index (κ2) is 10.3. The number of hydrogen-bond acceptors (Lipinski definition) is 5. The first-order valence-electron chi connectivity index (χ1n) is 9.92. The number of esters is 1. The predicted molar refractivity (Wildman–Crippen MR) is 114 cm³/mol. The van der Waals surface area contributed by atoms with Crippen LogP contribution in [0.15, 0.2) is 42.6 Å². The summed E-state index contributed by atoms with van der Waals surface area (Å²) in [5.74, 6) is 0.617. The van der Waals surface area contributed by atoms with Gasteiger partial charge in [0.2, 0.25) is 0 Å². The summed E-state index contributed by atoms with van der Waals surface area (Å²) in [6.07, 6.45) is 6.16. The second-order valence-electron chi connectivity index (χ2n) is 7.36. The Balaban J connectivity index is 1.41. The Hall–Kier alpha value is -2.60. The van der Waals surface area contributed by atoms with Crippen molar-refractivity contribution < 1.29 is 14.3 Å². The minimum atomic E-state index is -0.625. The average Bonchev–Trinajstić information content (AvgIpc) is 2.73. The summed E-state index contributed by atoms with van der Waals surface area (Å²) < 4.78 is 4.78. The molecule has 2 aromatic rings. The minimum absolute atomic E-state index is 0.332. The molecule has 0 atom stereocenters. The van der Waals surface area contributed by atoms with Crippen LogP contribution in [0.2, 0.25) is 5.02 Å². The highest BCUT2D eigenvalue weighted by Crippen LogP contribution is 2.27. The molecule has 1 aliphatic heterocycles. The third kappa shape index (κ3) is 6.46. The number of aromatic nitrogens is 1. The van der Waals surface area contributed by atoms with E-state index in [1.807, 2.05) is 30.5 Å². The van der Waals surface area contributed by atoms with Gasteiger partial charge in [-0.2, -0.15) is 0 Å². The average molecular weight is 416 g/mol. The van der Waals surface area contributed by atoms with Gasteiger partial charge in [0.05, 0.1) is 0 Å². The van der Waals surface area contributed by atoms with Gasteiger partial charge in [-0.3, -0.25) is 9.59 Å². The molecule has 0 spiro atoms. The first kappa shape index (κ1) is 21.1. The summed E-state index contributed by atoms with van der Waals surface area (Å²) in [5, 5.41) is 0.726. The number of nitrogens with two attached hydrogens (primary N) is 1. The van der Waals surface area contributed by atoms with Gasteiger partial charge in [-0.1, -0.05) is 23.7 Å². The van der Waals surface area contributed by atoms with Crippen molar-refractivity contribution in [2.24, 2.45) is 11.7 Å². The molecule has 29 heavy (non-hydrogen) atoms. The molecule has 1 aromatic heterocycles. The maximum absolute atomic E-state index is 11.5. The first-order valence-corrected chi connectivity index (χ1v) is 10.3. The smallest absolute Gasteiger partial charge is 0.306 e. The van der Waals surface area contributed by atoms with Crippen molar-refractivity contribution in [3.63, 3.8) is 0 Å². The molecule has 2 heterocycles. The summed E-state index contributed by atoms with van der Waals surface area (Å²) in [7, 11) is 0. The molecule has 1 aliphatic rings. The maximum Gasteiger partial charge on any atom is 0.306 e. The summed E-state index contributed by atoms with van der Waals surface area (Å²) >= 11 is 5.95. The fraction of sp³-hybridized carbons (Fsp3) is 0.409. The van der Waals surface area contributed by atoms with Crippen LogP contribution in [0.3, 0.4) is 0 Å². The van der Waals surface area contributed by atoms with Crippen LogP contribution in [-0.2, 0) is 14.3 Å². The van der Waals surface area contributed by atoms with Gasteiger partial charge in [0, 0.05) is 36.3 Å². The molecule has 0 bridgehead atoms. The largest absolute Gasteiger partial charge is 0.456 e. The highest BCUT2D eigenvalue weighted by molar-refractivity contribution is 6.30. The van der Waals surface area contributed by atoms with E-state index in [9.17, 15) is 9.59 Å². The van der Waals surface area contributed by atoms with E-state index in [4.69, 9.17) is 22.1 Å². The monoisotopic (exact) mass is 415 g/mol. The van der Waals surface area contributed by atoms with E-state index in [0.29, 0.717) is 12.3 Å². The maximum atomic E-state index is 11.5. The topological polar surface area (TPSA) is 85.5 Å². The summed E-state index contributed by atoms with van der Waals surface area (Å²) in [5.41, 5.74) is 7.13. The summed E-state index contributed by atoms with van der Waals surface area (Å²) in [6, 6.07) is 11.9. The highest BCUT2D eigenvalue weighted by Gasteiger charge is 2.20. The van der Waals surface area contributed by atoms with Crippen LogP contribution in [0.1, 0.15) is 32.1 Å². The summed E-state index contributed by atoms with van der Waals surface area (Å²) in [6.45, 7) is 1.59. The van der Waals surface area contributed by atoms with E-state index in [-0.39, 0.29) is 12.6 Å². The quantitative estimate of drug-likeness (QED) is 0.662. The van der Waals surface area contributed by atoms with Gasteiger partial charge in [-0.05, 0) is 61.4 Å². The molecule has 1 amide bonds. The molecule has 1 saturated heterocycles. The Morgan fingerprint density at radius 2 is 1.79 bits per heavy atom. The molecular weight excluding hydrogens is 390 g/mol. The van der Waals surface area contributed by atoms with E-state index < -0.39 is 5.91 Å². The minimum Gasteiger partial charge on any atom is -0.456 e. The molecule has 7 heteroatoms. The van der Waals surface area contributed by atoms with E-state index in [2.05, 4.69) is 22.0 Å². The van der Waals surface area contributed by atoms with Gasteiger partial charge >= 0.3 is 5.97 Å². The number of nitrogens with zero attached hydrogens (tertiary/aromatic N) is 2. The number of amides is 1. The van der Waals surface area contributed by atoms with Gasteiger partial charge in [0.1, 0.15) is 5.82 Å². The zero-order valence-corrected chi connectivity index (χ0v) is 17.1. The Labute approximate surface area is 176 Å². The summed E-state index contributed by atoms with van der Waals surface area (Å²) in [4.78, 5) is 29.1. The zero-order valence-electron chi connectivity index (χ0n) is 16.4. The number of hydrogen-bond donors (Lipinski definition) is 1. The van der Waals surface area contributed by atoms with Gasteiger partial charge < -0.3 is 15.4 Å². The Bertz CT molecular complexity index is 816. The Morgan fingerprint density at radius 1 is 1.10 bits per heavy atom. The zero-order chi connectivity index (χ0) is 20.6. The van der Waals surface area contributed by atoms with Gasteiger partial charge in [-0.15, -0.1) is 0 Å². The molecule has 0 unspecified atom stereocenters. The molecule has 0 radical (unpaired) electrons. The third-order valence-corrected chi connectivity index (χ3v) is 5.48. The van der Waals surface area contributed by atoms with Crippen LogP contribution in [0, 0.1) is 5.92 Å². The number of ether oxygens (including phenoxy) is 1. The van der Waals surface area contributed by atoms with Crippen LogP contribution < -0.4 is 10.6 Å². The molecule has 0 aliphatic carbocycles. The molecule has 6 nitrogen and oxygen atoms in total. The Morgan fingerprint density at radius 3 is 2.41 bits per heavy atom. The van der Waals surface area contributed by atoms with Gasteiger partial charge in [-0.25, -0.2) is 4.98 Å². The fourth-order valence-corrected chi connectivity index (χ4v) is 3.72. The lowest BCUT2D eigenvalue weighted by Crippen LogP contribution is -2.34. The van der Waals surface area contributed by atoms with E-state index in [0.717, 1.165) is 60.7 Å². The number of halogens is 1. The van der Waals surface area contributed by atoms with Crippen molar-refractivity contribution in [1.82, 2.24) is 4.98 Å². The lowest BCUT2D eigenvalue weighted by Gasteiger charge is -2.32. The molecule has 0 saturated carbocycles. The molecular formula is C22H26ClN3O3. The number of benzene rings is 1. The first-order chi connectivity index (χ1) is 14.0. The second-order valence-corrected chi connectivity index (χ2v) is 7.80. The number of anilines is 1. The number of rotatable bonds is 8. The fourth-order valence-electron chi connectivity index (χ4n) is 3.60. The number of primary amides is 1. The van der Waals surface area contributed by atoms with Crippen LogP contribution in [0.5, 0.6) is 0 Å². The normalized spacial score (nSPS) is 14.6. The van der Waals surface area contributed by atoms with Crippen molar-refractivity contribution in [3.8, 4) is 11.1 Å². The number of pyridine rings is 1.